The molecule has 4 heterocycles. The van der Waals surface area contributed by atoms with E-state index in [1.54, 1.807) is 0 Å². The molecule has 1 atom stereocenters. The summed E-state index contributed by atoms with van der Waals surface area (Å²) in [7, 11) is 2.19. The normalized spacial score (nSPS) is 19.1. The van der Waals surface area contributed by atoms with Gasteiger partial charge in [0, 0.05) is 69.6 Å². The number of benzene rings is 1. The maximum absolute atomic E-state index is 4.97. The second-order valence-electron chi connectivity index (χ2n) is 9.37. The maximum Gasteiger partial charge on any atom is 0.134 e. The number of piperazine rings is 1. The summed E-state index contributed by atoms with van der Waals surface area (Å²) in [6.07, 6.45) is 3.92. The van der Waals surface area contributed by atoms with Gasteiger partial charge in [0.05, 0.1) is 5.69 Å². The van der Waals surface area contributed by atoms with Crippen LogP contribution in [0.5, 0.6) is 0 Å². The van der Waals surface area contributed by atoms with Crippen molar-refractivity contribution in [3.05, 3.63) is 53.5 Å². The van der Waals surface area contributed by atoms with Gasteiger partial charge < -0.3 is 14.7 Å². The van der Waals surface area contributed by atoms with Crippen LogP contribution in [0.1, 0.15) is 37.7 Å². The number of aryl methyl sites for hydroxylation is 2. The molecule has 0 N–H and O–H groups in total. The van der Waals surface area contributed by atoms with Crippen LogP contribution in [-0.4, -0.2) is 63.9 Å². The summed E-state index contributed by atoms with van der Waals surface area (Å²) in [6.45, 7) is 12.5. The first-order chi connectivity index (χ1) is 16.0. The highest BCUT2D eigenvalue weighted by atomic mass is 15.3. The number of hydrogen-bond acceptors (Lipinski definition) is 6. The molecule has 0 bridgehead atoms. The van der Waals surface area contributed by atoms with Crippen molar-refractivity contribution >= 4 is 11.6 Å². The van der Waals surface area contributed by atoms with E-state index in [2.05, 4.69) is 79.0 Å². The van der Waals surface area contributed by atoms with Gasteiger partial charge in [-0.1, -0.05) is 19.1 Å². The van der Waals surface area contributed by atoms with Crippen molar-refractivity contribution in [1.82, 2.24) is 24.6 Å². The van der Waals surface area contributed by atoms with Gasteiger partial charge in [0.25, 0.3) is 0 Å². The predicted octanol–water partition coefficient (Wildman–Crippen LogP) is 3.63. The van der Waals surface area contributed by atoms with Crippen molar-refractivity contribution in [2.75, 3.05) is 43.0 Å². The van der Waals surface area contributed by atoms with E-state index in [1.807, 2.05) is 4.68 Å². The Morgan fingerprint density at radius 2 is 1.73 bits per heavy atom. The van der Waals surface area contributed by atoms with Gasteiger partial charge in [0.2, 0.25) is 0 Å². The molecule has 2 aliphatic rings. The number of nitrogens with zero attached hydrogens (tertiary/aromatic N) is 7. The van der Waals surface area contributed by atoms with E-state index in [-0.39, 0.29) is 0 Å². The van der Waals surface area contributed by atoms with Gasteiger partial charge in [-0.2, -0.15) is 5.10 Å². The van der Waals surface area contributed by atoms with Gasteiger partial charge in [-0.15, -0.1) is 0 Å². The first kappa shape index (κ1) is 21.9. The Morgan fingerprint density at radius 1 is 0.939 bits per heavy atom. The molecular weight excluding hydrogens is 410 g/mol. The van der Waals surface area contributed by atoms with Gasteiger partial charge in [-0.05, 0) is 50.6 Å². The fourth-order valence-electron chi connectivity index (χ4n) is 4.87. The average Bonchev–Trinajstić information content (AvgIpc) is 3.33. The van der Waals surface area contributed by atoms with Crippen LogP contribution >= 0.6 is 0 Å². The van der Waals surface area contributed by atoms with Gasteiger partial charge in [0.15, 0.2) is 0 Å². The van der Waals surface area contributed by atoms with Gasteiger partial charge in [-0.25, -0.2) is 9.97 Å². The standard InChI is InChI=1S/C26H35N7/c1-5-24-27-25(31-13-11-30(4)12-14-31)17-26(28-24)33-18-22-16-21(8-7-20(22)15-19(33)3)23-9-10-32(6-2)29-23/h7-10,16-17,19H,5-6,11-15,18H2,1-4H3. The molecule has 1 unspecified atom stereocenters. The highest BCUT2D eigenvalue weighted by Gasteiger charge is 2.26. The second kappa shape index (κ2) is 9.14. The lowest BCUT2D eigenvalue weighted by molar-refractivity contribution is 0.312. The van der Waals surface area contributed by atoms with Gasteiger partial charge in [-0.3, -0.25) is 4.68 Å². The van der Waals surface area contributed by atoms with Crippen molar-refractivity contribution in [3.63, 3.8) is 0 Å². The van der Waals surface area contributed by atoms with Crippen molar-refractivity contribution in [2.24, 2.45) is 0 Å². The number of anilines is 2. The summed E-state index contributed by atoms with van der Waals surface area (Å²) in [5.41, 5.74) is 5.03. The number of hydrogen-bond donors (Lipinski definition) is 0. The van der Waals surface area contributed by atoms with Crippen molar-refractivity contribution in [3.8, 4) is 11.3 Å². The van der Waals surface area contributed by atoms with E-state index < -0.39 is 0 Å². The van der Waals surface area contributed by atoms with E-state index in [0.717, 1.165) is 75.3 Å². The monoisotopic (exact) mass is 445 g/mol. The first-order valence-electron chi connectivity index (χ1n) is 12.3. The number of fused-ring (bicyclic) bond motifs is 1. The topological polar surface area (TPSA) is 53.3 Å². The Hall–Kier alpha value is -2.93. The fraction of sp³-hybridized carbons (Fsp3) is 0.500. The third-order valence-electron chi connectivity index (χ3n) is 7.04. The van der Waals surface area contributed by atoms with E-state index in [4.69, 9.17) is 15.1 Å². The number of aromatic nitrogens is 4. The highest BCUT2D eigenvalue weighted by Crippen LogP contribution is 2.32. The van der Waals surface area contributed by atoms with Crippen LogP contribution in [0.4, 0.5) is 11.6 Å². The van der Waals surface area contributed by atoms with Crippen LogP contribution in [0.2, 0.25) is 0 Å². The van der Waals surface area contributed by atoms with Gasteiger partial charge >= 0.3 is 0 Å². The molecule has 2 aromatic heterocycles. The molecule has 0 aliphatic carbocycles. The second-order valence-corrected chi connectivity index (χ2v) is 9.37. The van der Waals surface area contributed by atoms with Crippen molar-refractivity contribution in [2.45, 2.75) is 52.7 Å². The molecule has 174 valence electrons. The predicted molar refractivity (Wildman–Crippen MR) is 134 cm³/mol. The fourth-order valence-corrected chi connectivity index (χ4v) is 4.87. The zero-order chi connectivity index (χ0) is 22.9. The van der Waals surface area contributed by atoms with Crippen LogP contribution in [0.25, 0.3) is 11.3 Å². The van der Waals surface area contributed by atoms with Crippen LogP contribution in [0.15, 0.2) is 36.5 Å². The summed E-state index contributed by atoms with van der Waals surface area (Å²) < 4.78 is 1.98. The summed E-state index contributed by atoms with van der Waals surface area (Å²) in [4.78, 5) is 17.1. The number of rotatable bonds is 5. The Morgan fingerprint density at radius 3 is 2.45 bits per heavy atom. The summed E-state index contributed by atoms with van der Waals surface area (Å²) in [5, 5.41) is 4.70. The minimum absolute atomic E-state index is 0.391. The zero-order valence-electron chi connectivity index (χ0n) is 20.3. The largest absolute Gasteiger partial charge is 0.354 e. The summed E-state index contributed by atoms with van der Waals surface area (Å²) in [6, 6.07) is 11.5. The molecule has 7 heteroatoms. The third kappa shape index (κ3) is 4.47. The minimum Gasteiger partial charge on any atom is -0.354 e. The van der Waals surface area contributed by atoms with E-state index in [9.17, 15) is 0 Å². The molecule has 1 fully saturated rings. The number of likely N-dealkylation sites (N-methyl/N-ethyl adjacent to an activating group) is 1. The molecule has 2 aliphatic heterocycles. The molecule has 1 saturated heterocycles. The molecule has 5 rings (SSSR count). The lowest BCUT2D eigenvalue weighted by atomic mass is 9.92. The van der Waals surface area contributed by atoms with Crippen LogP contribution in [0.3, 0.4) is 0 Å². The summed E-state index contributed by atoms with van der Waals surface area (Å²) in [5.74, 6) is 3.05. The first-order valence-corrected chi connectivity index (χ1v) is 12.3. The Kier molecular flexibility index (Phi) is 6.06. The van der Waals surface area contributed by atoms with Crippen LogP contribution < -0.4 is 9.80 Å². The molecule has 0 radical (unpaired) electrons. The lowest BCUT2D eigenvalue weighted by Gasteiger charge is -2.37. The zero-order valence-corrected chi connectivity index (χ0v) is 20.3. The highest BCUT2D eigenvalue weighted by molar-refractivity contribution is 5.62. The lowest BCUT2D eigenvalue weighted by Crippen LogP contribution is -2.45. The molecule has 3 aromatic rings. The quantitative estimate of drug-likeness (QED) is 0.598. The van der Waals surface area contributed by atoms with Crippen molar-refractivity contribution < 1.29 is 0 Å². The van der Waals surface area contributed by atoms with E-state index >= 15 is 0 Å². The molecule has 1 aromatic carbocycles. The van der Waals surface area contributed by atoms with Crippen LogP contribution in [-0.2, 0) is 25.9 Å². The molecule has 33 heavy (non-hydrogen) atoms. The maximum atomic E-state index is 4.97. The van der Waals surface area contributed by atoms with Crippen LogP contribution in [0, 0.1) is 0 Å². The van der Waals surface area contributed by atoms with E-state index in [1.165, 1.54) is 16.7 Å². The van der Waals surface area contributed by atoms with Crippen molar-refractivity contribution in [1.29, 1.82) is 0 Å². The molecule has 0 amide bonds. The Labute approximate surface area is 197 Å². The smallest absolute Gasteiger partial charge is 0.134 e. The molecule has 7 nitrogen and oxygen atoms in total. The molecule has 0 saturated carbocycles. The average molecular weight is 446 g/mol. The van der Waals surface area contributed by atoms with Gasteiger partial charge in [0.1, 0.15) is 17.5 Å². The Balaban J connectivity index is 1.44. The summed E-state index contributed by atoms with van der Waals surface area (Å²) >= 11 is 0. The molecular formula is C26H35N7. The van der Waals surface area contributed by atoms with E-state index in [0.29, 0.717) is 6.04 Å². The minimum atomic E-state index is 0.391. The SMILES string of the molecule is CCc1nc(N2CCN(C)CC2)cc(N2Cc3cc(-c4ccn(CC)n4)ccc3CC2C)n1. The third-order valence-corrected chi connectivity index (χ3v) is 7.04. The Bertz CT molecular complexity index is 1110. The molecule has 0 spiro atoms.